The number of alkyl halides is 3. The molecule has 0 saturated carbocycles. The maximum absolute atomic E-state index is 12.5. The van der Waals surface area contributed by atoms with Crippen LogP contribution in [0.5, 0.6) is 0 Å². The molecule has 1 N–H and O–H groups in total. The third-order valence-corrected chi connectivity index (χ3v) is 3.53. The van der Waals surface area contributed by atoms with Crippen LogP contribution in [-0.2, 0) is 6.54 Å². The minimum absolute atomic E-state index is 0.0802. The summed E-state index contributed by atoms with van der Waals surface area (Å²) in [6.45, 7) is -1.28. The van der Waals surface area contributed by atoms with Gasteiger partial charge in [-0.3, -0.25) is 14.1 Å². The molecule has 116 valence electrons. The van der Waals surface area contributed by atoms with Gasteiger partial charge in [-0.15, -0.1) is 11.3 Å². The number of fused-ring (bicyclic) bond motifs is 1. The van der Waals surface area contributed by atoms with Crippen molar-refractivity contribution < 1.29 is 18.3 Å². The Morgan fingerprint density at radius 3 is 2.86 bits per heavy atom. The van der Waals surface area contributed by atoms with Crippen LogP contribution in [0.15, 0.2) is 22.4 Å². The van der Waals surface area contributed by atoms with Crippen molar-refractivity contribution in [3.63, 3.8) is 0 Å². The molecule has 0 fully saturated rings. The summed E-state index contributed by atoms with van der Waals surface area (Å²) in [5.41, 5.74) is -0.0185. The fraction of sp³-hybridized carbons (Fsp3) is 0.500. The predicted octanol–water partition coefficient (Wildman–Crippen LogP) is 1.50. The molecule has 2 heterocycles. The Bertz CT molecular complexity index is 653. The zero-order valence-corrected chi connectivity index (χ0v) is 11.8. The van der Waals surface area contributed by atoms with Gasteiger partial charge in [0.15, 0.2) is 4.96 Å². The summed E-state index contributed by atoms with van der Waals surface area (Å²) < 4.78 is 38.9. The van der Waals surface area contributed by atoms with Crippen LogP contribution in [0.4, 0.5) is 13.2 Å². The first-order valence-electron chi connectivity index (χ1n) is 6.25. The number of nitrogens with zero attached hydrogens (tertiary/aromatic N) is 3. The van der Waals surface area contributed by atoms with Crippen LogP contribution in [0.1, 0.15) is 12.1 Å². The van der Waals surface area contributed by atoms with Crippen molar-refractivity contribution in [2.75, 3.05) is 19.7 Å². The second-order valence-electron chi connectivity index (χ2n) is 4.54. The molecule has 0 aliphatic heterocycles. The van der Waals surface area contributed by atoms with Crippen LogP contribution in [0.25, 0.3) is 4.96 Å². The Hall–Kier alpha value is -1.45. The summed E-state index contributed by atoms with van der Waals surface area (Å²) in [7, 11) is 0. The van der Waals surface area contributed by atoms with Crippen LogP contribution in [0.3, 0.4) is 0 Å². The van der Waals surface area contributed by atoms with E-state index in [0.29, 0.717) is 10.7 Å². The molecule has 0 amide bonds. The quantitative estimate of drug-likeness (QED) is 0.876. The lowest BCUT2D eigenvalue weighted by molar-refractivity contribution is -0.147. The largest absolute Gasteiger partial charge is 0.401 e. The highest BCUT2D eigenvalue weighted by Crippen LogP contribution is 2.18. The van der Waals surface area contributed by atoms with Gasteiger partial charge < -0.3 is 5.11 Å². The van der Waals surface area contributed by atoms with Gasteiger partial charge >= 0.3 is 6.18 Å². The van der Waals surface area contributed by atoms with E-state index in [1.165, 1.54) is 21.8 Å². The Balaban J connectivity index is 2.18. The van der Waals surface area contributed by atoms with Gasteiger partial charge in [0, 0.05) is 37.3 Å². The van der Waals surface area contributed by atoms with Gasteiger partial charge in [0.2, 0.25) is 0 Å². The number of hydrogen-bond donors (Lipinski definition) is 1. The zero-order valence-electron chi connectivity index (χ0n) is 11.0. The Morgan fingerprint density at radius 2 is 2.19 bits per heavy atom. The molecule has 0 unspecified atom stereocenters. The second-order valence-corrected chi connectivity index (χ2v) is 5.42. The van der Waals surface area contributed by atoms with Gasteiger partial charge in [0.1, 0.15) is 0 Å². The molecule has 0 atom stereocenters. The molecule has 0 aliphatic rings. The standard InChI is InChI=1S/C12H14F3N3O2S/c13-12(14,15)8-17(2-1-4-19)7-9-6-10(20)18-3-5-21-11(18)16-9/h3,5-6,19H,1-2,4,7-8H2. The van der Waals surface area contributed by atoms with E-state index < -0.39 is 12.7 Å². The van der Waals surface area contributed by atoms with Crippen LogP contribution >= 0.6 is 11.3 Å². The first kappa shape index (κ1) is 15.9. The van der Waals surface area contributed by atoms with E-state index >= 15 is 0 Å². The number of aliphatic hydroxyl groups excluding tert-OH is 1. The molecule has 0 spiro atoms. The summed E-state index contributed by atoms with van der Waals surface area (Å²) >= 11 is 1.24. The number of rotatable bonds is 6. The van der Waals surface area contributed by atoms with E-state index in [4.69, 9.17) is 5.11 Å². The van der Waals surface area contributed by atoms with Gasteiger partial charge in [-0.25, -0.2) is 4.98 Å². The topological polar surface area (TPSA) is 57.8 Å². The molecule has 2 rings (SSSR count). The third kappa shape index (κ3) is 4.51. The van der Waals surface area contributed by atoms with Crippen molar-refractivity contribution in [2.24, 2.45) is 0 Å². The lowest BCUT2D eigenvalue weighted by Gasteiger charge is -2.22. The fourth-order valence-corrected chi connectivity index (χ4v) is 2.70. The van der Waals surface area contributed by atoms with Crippen molar-refractivity contribution in [1.29, 1.82) is 0 Å². The van der Waals surface area contributed by atoms with Gasteiger partial charge in [0.25, 0.3) is 5.56 Å². The molecular weight excluding hydrogens is 307 g/mol. The SMILES string of the molecule is O=c1cc(CN(CCCO)CC(F)(F)F)nc2sccn12. The van der Waals surface area contributed by atoms with Gasteiger partial charge in [-0.05, 0) is 6.42 Å². The van der Waals surface area contributed by atoms with Crippen molar-refractivity contribution in [2.45, 2.75) is 19.1 Å². The predicted molar refractivity (Wildman–Crippen MR) is 72.4 cm³/mol. The smallest absolute Gasteiger partial charge is 0.396 e. The summed E-state index contributed by atoms with van der Waals surface area (Å²) in [6, 6.07) is 1.24. The van der Waals surface area contributed by atoms with Gasteiger partial charge in [-0.1, -0.05) is 0 Å². The summed E-state index contributed by atoms with van der Waals surface area (Å²) in [5.74, 6) is 0. The van der Waals surface area contributed by atoms with Crippen molar-refractivity contribution in [1.82, 2.24) is 14.3 Å². The number of hydrogen-bond acceptors (Lipinski definition) is 5. The number of halogens is 3. The third-order valence-electron chi connectivity index (χ3n) is 2.78. The van der Waals surface area contributed by atoms with E-state index in [2.05, 4.69) is 4.98 Å². The zero-order chi connectivity index (χ0) is 15.5. The molecule has 0 aromatic carbocycles. The van der Waals surface area contributed by atoms with Crippen LogP contribution in [-0.4, -0.2) is 45.3 Å². The van der Waals surface area contributed by atoms with Crippen molar-refractivity contribution in [3.8, 4) is 0 Å². The Labute approximate surface area is 122 Å². The van der Waals surface area contributed by atoms with Gasteiger partial charge in [0.05, 0.1) is 12.2 Å². The van der Waals surface area contributed by atoms with E-state index in [-0.39, 0.29) is 31.7 Å². The average molecular weight is 321 g/mol. The van der Waals surface area contributed by atoms with E-state index in [9.17, 15) is 18.0 Å². The van der Waals surface area contributed by atoms with Crippen LogP contribution < -0.4 is 5.56 Å². The van der Waals surface area contributed by atoms with Crippen LogP contribution in [0, 0.1) is 0 Å². The molecule has 0 bridgehead atoms. The van der Waals surface area contributed by atoms with Crippen molar-refractivity contribution in [3.05, 3.63) is 33.7 Å². The second kappa shape index (κ2) is 6.54. The molecule has 2 aromatic rings. The highest BCUT2D eigenvalue weighted by atomic mass is 32.1. The highest BCUT2D eigenvalue weighted by Gasteiger charge is 2.30. The molecule has 0 saturated heterocycles. The van der Waals surface area contributed by atoms with E-state index in [1.807, 2.05) is 0 Å². The fourth-order valence-electron chi connectivity index (χ4n) is 1.96. The minimum atomic E-state index is -4.34. The molecule has 9 heteroatoms. The lowest BCUT2D eigenvalue weighted by atomic mass is 10.3. The molecule has 21 heavy (non-hydrogen) atoms. The monoisotopic (exact) mass is 321 g/mol. The summed E-state index contributed by atoms with van der Waals surface area (Å²) in [5, 5.41) is 10.4. The molecule has 5 nitrogen and oxygen atoms in total. The first-order chi connectivity index (χ1) is 9.89. The molecular formula is C12H14F3N3O2S. The van der Waals surface area contributed by atoms with E-state index in [0.717, 1.165) is 4.90 Å². The normalized spacial score (nSPS) is 12.4. The van der Waals surface area contributed by atoms with Crippen LogP contribution in [0.2, 0.25) is 0 Å². The lowest BCUT2D eigenvalue weighted by Crippen LogP contribution is -2.35. The van der Waals surface area contributed by atoms with E-state index in [1.54, 1.807) is 11.6 Å². The maximum atomic E-state index is 12.5. The highest BCUT2D eigenvalue weighted by molar-refractivity contribution is 7.15. The summed E-state index contributed by atoms with van der Waals surface area (Å²) in [4.78, 5) is 17.6. The maximum Gasteiger partial charge on any atom is 0.401 e. The number of thiazole rings is 1. The Morgan fingerprint density at radius 1 is 1.43 bits per heavy atom. The molecule has 0 radical (unpaired) electrons. The minimum Gasteiger partial charge on any atom is -0.396 e. The molecule has 2 aromatic heterocycles. The van der Waals surface area contributed by atoms with Gasteiger partial charge in [-0.2, -0.15) is 13.2 Å². The molecule has 0 aliphatic carbocycles. The average Bonchev–Trinajstić information content (AvgIpc) is 2.83. The number of aromatic nitrogens is 2. The van der Waals surface area contributed by atoms with Crippen molar-refractivity contribution >= 4 is 16.3 Å². The number of aliphatic hydroxyl groups is 1. The first-order valence-corrected chi connectivity index (χ1v) is 7.13. The summed E-state index contributed by atoms with van der Waals surface area (Å²) in [6.07, 6.45) is -2.54. The Kier molecular flexibility index (Phi) is 4.96.